The average Bonchev–Trinajstić information content (AvgIpc) is 2.12. The summed E-state index contributed by atoms with van der Waals surface area (Å²) in [6.45, 7) is 6.19. The normalized spacial score (nSPS) is 35.0. The molecule has 0 radical (unpaired) electrons. The Morgan fingerprint density at radius 3 is 2.64 bits per heavy atom. The van der Waals surface area contributed by atoms with Crippen LogP contribution in [0.2, 0.25) is 0 Å². The Balaban J connectivity index is 2.47. The Hall–Kier alpha value is -0.240. The molecule has 4 atom stereocenters. The van der Waals surface area contributed by atoms with Crippen LogP contribution in [0.1, 0.15) is 40.0 Å². The topological polar surface area (TPSA) is 29.1 Å². The van der Waals surface area contributed by atoms with Gasteiger partial charge in [-0.3, -0.25) is 4.79 Å². The van der Waals surface area contributed by atoms with Gasteiger partial charge in [-0.05, 0) is 25.2 Å². The summed E-state index contributed by atoms with van der Waals surface area (Å²) in [6.07, 6.45) is 3.60. The first-order valence-corrected chi connectivity index (χ1v) is 5.90. The fraction of sp³-hybridized carbons (Fsp3) is 0.909. The molecule has 0 aromatic heterocycles. The van der Waals surface area contributed by atoms with E-state index in [1.54, 1.807) is 6.92 Å². The zero-order valence-corrected chi connectivity index (χ0v) is 9.97. The van der Waals surface area contributed by atoms with Crippen LogP contribution in [0, 0.1) is 11.8 Å². The van der Waals surface area contributed by atoms with Crippen molar-refractivity contribution in [3.05, 3.63) is 0 Å². The van der Waals surface area contributed by atoms with E-state index in [1.807, 2.05) is 0 Å². The van der Waals surface area contributed by atoms with Crippen molar-refractivity contribution in [2.24, 2.45) is 11.8 Å². The minimum absolute atomic E-state index is 0.0300. The Bertz CT molecular complexity index is 205. The number of carbonyl (C=O) groups is 1. The summed E-state index contributed by atoms with van der Waals surface area (Å²) >= 11 is 5.72. The van der Waals surface area contributed by atoms with Gasteiger partial charge in [0, 0.05) is 6.04 Å². The molecule has 0 unspecified atom stereocenters. The van der Waals surface area contributed by atoms with Gasteiger partial charge >= 0.3 is 0 Å². The van der Waals surface area contributed by atoms with E-state index >= 15 is 0 Å². The van der Waals surface area contributed by atoms with Crippen LogP contribution >= 0.6 is 11.6 Å². The molecule has 1 saturated carbocycles. The van der Waals surface area contributed by atoms with E-state index in [0.717, 1.165) is 6.42 Å². The number of alkyl halides is 1. The minimum atomic E-state index is -0.417. The van der Waals surface area contributed by atoms with Crippen LogP contribution in [0.15, 0.2) is 0 Å². The van der Waals surface area contributed by atoms with Crippen LogP contribution in [-0.4, -0.2) is 17.3 Å². The van der Waals surface area contributed by atoms with Gasteiger partial charge in [-0.2, -0.15) is 0 Å². The van der Waals surface area contributed by atoms with Gasteiger partial charge in [0.05, 0.1) is 0 Å². The van der Waals surface area contributed by atoms with Gasteiger partial charge in [0.2, 0.25) is 5.91 Å². The lowest BCUT2D eigenvalue weighted by Gasteiger charge is -2.34. The molecule has 1 aliphatic rings. The van der Waals surface area contributed by atoms with E-state index in [-0.39, 0.29) is 5.91 Å². The number of carbonyl (C=O) groups excluding carboxylic acids is 1. The Kier molecular flexibility index (Phi) is 4.24. The van der Waals surface area contributed by atoms with Crippen molar-refractivity contribution in [3.63, 3.8) is 0 Å². The standard InChI is InChI=1S/C11H20ClNO/c1-7-5-4-6-10(8(7)2)13-11(14)9(3)12/h7-10H,4-6H2,1-3H3,(H,13,14)/t7-,8+,9-,10+/m0/s1. The van der Waals surface area contributed by atoms with E-state index in [4.69, 9.17) is 11.6 Å². The van der Waals surface area contributed by atoms with Crippen LogP contribution in [0.4, 0.5) is 0 Å². The number of nitrogens with one attached hydrogen (secondary N) is 1. The maximum absolute atomic E-state index is 11.4. The van der Waals surface area contributed by atoms with E-state index in [0.29, 0.717) is 17.9 Å². The molecule has 82 valence electrons. The first-order chi connectivity index (χ1) is 6.52. The predicted octanol–water partition coefficient (Wildman–Crippen LogP) is 2.55. The van der Waals surface area contributed by atoms with Crippen LogP contribution < -0.4 is 5.32 Å². The van der Waals surface area contributed by atoms with Gasteiger partial charge in [-0.15, -0.1) is 11.6 Å². The molecule has 14 heavy (non-hydrogen) atoms. The molecule has 1 fully saturated rings. The zero-order valence-electron chi connectivity index (χ0n) is 9.22. The van der Waals surface area contributed by atoms with Gasteiger partial charge < -0.3 is 5.32 Å². The van der Waals surface area contributed by atoms with Gasteiger partial charge in [-0.1, -0.05) is 26.7 Å². The highest BCUT2D eigenvalue weighted by Crippen LogP contribution is 2.29. The van der Waals surface area contributed by atoms with Gasteiger partial charge in [0.1, 0.15) is 5.38 Å². The summed E-state index contributed by atoms with van der Waals surface area (Å²) < 4.78 is 0. The second-order valence-corrected chi connectivity index (χ2v) is 5.15. The van der Waals surface area contributed by atoms with Crippen molar-refractivity contribution >= 4 is 17.5 Å². The number of amides is 1. The van der Waals surface area contributed by atoms with Gasteiger partial charge in [-0.25, -0.2) is 0 Å². The van der Waals surface area contributed by atoms with E-state index < -0.39 is 5.38 Å². The third kappa shape index (κ3) is 2.88. The Labute approximate surface area is 91.4 Å². The molecule has 2 nitrogen and oxygen atoms in total. The van der Waals surface area contributed by atoms with E-state index in [1.165, 1.54) is 12.8 Å². The highest BCUT2D eigenvalue weighted by molar-refractivity contribution is 6.30. The molecule has 1 amide bonds. The van der Waals surface area contributed by atoms with E-state index in [2.05, 4.69) is 19.2 Å². The largest absolute Gasteiger partial charge is 0.352 e. The van der Waals surface area contributed by atoms with Crippen LogP contribution in [-0.2, 0) is 4.79 Å². The van der Waals surface area contributed by atoms with Crippen molar-refractivity contribution in [1.82, 2.24) is 5.32 Å². The molecule has 0 aromatic carbocycles. The Morgan fingerprint density at radius 2 is 2.07 bits per heavy atom. The summed E-state index contributed by atoms with van der Waals surface area (Å²) in [4.78, 5) is 11.4. The molecule has 1 aliphatic carbocycles. The third-order valence-corrected chi connectivity index (χ3v) is 3.59. The van der Waals surface area contributed by atoms with Crippen LogP contribution in [0.3, 0.4) is 0 Å². The molecule has 0 aromatic rings. The third-order valence-electron chi connectivity index (χ3n) is 3.40. The monoisotopic (exact) mass is 217 g/mol. The maximum Gasteiger partial charge on any atom is 0.237 e. The number of halogens is 1. The first kappa shape index (κ1) is 11.8. The lowest BCUT2D eigenvalue weighted by atomic mass is 9.78. The molecule has 0 aliphatic heterocycles. The van der Waals surface area contributed by atoms with Crippen molar-refractivity contribution < 1.29 is 4.79 Å². The quantitative estimate of drug-likeness (QED) is 0.708. The molecule has 0 spiro atoms. The minimum Gasteiger partial charge on any atom is -0.352 e. The van der Waals surface area contributed by atoms with Crippen molar-refractivity contribution in [2.75, 3.05) is 0 Å². The smallest absolute Gasteiger partial charge is 0.237 e. The summed E-state index contributed by atoms with van der Waals surface area (Å²) in [5, 5.41) is 2.61. The molecule has 0 saturated heterocycles. The highest BCUT2D eigenvalue weighted by Gasteiger charge is 2.28. The number of hydrogen-bond acceptors (Lipinski definition) is 1. The van der Waals surface area contributed by atoms with Gasteiger partial charge in [0.15, 0.2) is 0 Å². The first-order valence-electron chi connectivity index (χ1n) is 5.46. The predicted molar refractivity (Wildman–Crippen MR) is 59.4 cm³/mol. The zero-order chi connectivity index (χ0) is 10.7. The second-order valence-electron chi connectivity index (χ2n) is 4.50. The van der Waals surface area contributed by atoms with Crippen molar-refractivity contribution in [3.8, 4) is 0 Å². The molecule has 3 heteroatoms. The lowest BCUT2D eigenvalue weighted by molar-refractivity contribution is -0.121. The fourth-order valence-corrected chi connectivity index (χ4v) is 2.15. The van der Waals surface area contributed by atoms with Crippen LogP contribution in [0.5, 0.6) is 0 Å². The summed E-state index contributed by atoms with van der Waals surface area (Å²) in [6, 6.07) is 0.326. The molecule has 0 bridgehead atoms. The van der Waals surface area contributed by atoms with Gasteiger partial charge in [0.25, 0.3) is 0 Å². The summed E-state index contributed by atoms with van der Waals surface area (Å²) in [5.41, 5.74) is 0. The number of hydrogen-bond donors (Lipinski definition) is 1. The molecule has 1 rings (SSSR count). The van der Waals surface area contributed by atoms with Crippen molar-refractivity contribution in [1.29, 1.82) is 0 Å². The number of rotatable bonds is 2. The molecule has 0 heterocycles. The summed E-state index contributed by atoms with van der Waals surface area (Å²) in [5.74, 6) is 1.25. The Morgan fingerprint density at radius 1 is 1.43 bits per heavy atom. The average molecular weight is 218 g/mol. The summed E-state index contributed by atoms with van der Waals surface area (Å²) in [7, 11) is 0. The van der Waals surface area contributed by atoms with Crippen molar-refractivity contribution in [2.45, 2.75) is 51.5 Å². The molecular formula is C11H20ClNO. The molecular weight excluding hydrogens is 198 g/mol. The van der Waals surface area contributed by atoms with E-state index in [9.17, 15) is 4.79 Å². The van der Waals surface area contributed by atoms with Crippen LogP contribution in [0.25, 0.3) is 0 Å². The SMILES string of the molecule is C[C@@H]1[C@@H](C)CCC[C@H]1NC(=O)[C@H](C)Cl. The highest BCUT2D eigenvalue weighted by atomic mass is 35.5. The lowest BCUT2D eigenvalue weighted by Crippen LogP contribution is -2.45. The second kappa shape index (κ2) is 5.01. The maximum atomic E-state index is 11.4. The fourth-order valence-electron chi connectivity index (χ4n) is 2.08. The molecule has 1 N–H and O–H groups in total.